The van der Waals surface area contributed by atoms with E-state index >= 15 is 0 Å². The van der Waals surface area contributed by atoms with Crippen LogP contribution >= 0.6 is 0 Å². The Morgan fingerprint density at radius 3 is 2.65 bits per heavy atom. The van der Waals surface area contributed by atoms with Crippen molar-refractivity contribution < 1.29 is 0 Å². The van der Waals surface area contributed by atoms with Crippen molar-refractivity contribution in [3.63, 3.8) is 0 Å². The van der Waals surface area contributed by atoms with Gasteiger partial charge in [0.2, 0.25) is 0 Å². The van der Waals surface area contributed by atoms with E-state index in [1.807, 2.05) is 11.7 Å². The summed E-state index contributed by atoms with van der Waals surface area (Å²) in [6.07, 6.45) is 4.66. The fraction of sp³-hybridized carbons (Fsp3) is 0.769. The van der Waals surface area contributed by atoms with Crippen molar-refractivity contribution in [2.24, 2.45) is 12.8 Å². The molecule has 0 saturated heterocycles. The monoisotopic (exact) mass is 236 g/mol. The van der Waals surface area contributed by atoms with E-state index in [-0.39, 0.29) is 11.5 Å². The number of nitrogens with one attached hydrogen (secondary N) is 1. The third-order valence-electron chi connectivity index (χ3n) is 3.19. The number of aromatic nitrogens is 2. The van der Waals surface area contributed by atoms with Gasteiger partial charge in [-0.1, -0.05) is 20.8 Å². The highest BCUT2D eigenvalue weighted by atomic mass is 15.3. The molecule has 0 bridgehead atoms. The average molecular weight is 236 g/mol. The molecular weight excluding hydrogens is 212 g/mol. The second kappa shape index (κ2) is 4.42. The van der Waals surface area contributed by atoms with Crippen molar-refractivity contribution in [2.45, 2.75) is 51.1 Å². The fourth-order valence-electron chi connectivity index (χ4n) is 2.16. The maximum atomic E-state index is 5.90. The predicted molar refractivity (Wildman–Crippen MR) is 69.9 cm³/mol. The molecular formula is C13H24N4. The highest BCUT2D eigenvalue weighted by molar-refractivity contribution is 5.28. The lowest BCUT2D eigenvalue weighted by atomic mass is 9.87. The van der Waals surface area contributed by atoms with Gasteiger partial charge in [-0.25, -0.2) is 0 Å². The molecule has 0 radical (unpaired) electrons. The molecule has 1 aliphatic rings. The molecule has 4 nitrogen and oxygen atoms in total. The molecule has 0 spiro atoms. The Morgan fingerprint density at radius 1 is 1.53 bits per heavy atom. The number of rotatable bonds is 4. The molecule has 2 rings (SSSR count). The lowest BCUT2D eigenvalue weighted by Gasteiger charge is -2.22. The summed E-state index contributed by atoms with van der Waals surface area (Å²) in [6, 6.07) is 0.905. The van der Waals surface area contributed by atoms with Crippen molar-refractivity contribution >= 4 is 0 Å². The Balaban J connectivity index is 2.27. The van der Waals surface area contributed by atoms with E-state index in [0.717, 1.165) is 5.69 Å². The van der Waals surface area contributed by atoms with Gasteiger partial charge < -0.3 is 11.1 Å². The molecule has 17 heavy (non-hydrogen) atoms. The largest absolute Gasteiger partial charge is 0.329 e. The molecule has 1 saturated carbocycles. The SMILES string of the molecule is Cn1cc(C(CN)NC2CC2)c(C(C)(C)C)n1. The van der Waals surface area contributed by atoms with Crippen molar-refractivity contribution in [1.29, 1.82) is 0 Å². The van der Waals surface area contributed by atoms with Gasteiger partial charge >= 0.3 is 0 Å². The Morgan fingerprint density at radius 2 is 2.18 bits per heavy atom. The minimum atomic E-state index is 0.0647. The van der Waals surface area contributed by atoms with Crippen LogP contribution in [0.2, 0.25) is 0 Å². The van der Waals surface area contributed by atoms with Crippen LogP contribution < -0.4 is 11.1 Å². The molecule has 1 unspecified atom stereocenters. The molecule has 1 atom stereocenters. The maximum Gasteiger partial charge on any atom is 0.0726 e. The Labute approximate surface area is 104 Å². The molecule has 0 aromatic carbocycles. The van der Waals surface area contributed by atoms with E-state index in [0.29, 0.717) is 12.6 Å². The fourth-order valence-corrected chi connectivity index (χ4v) is 2.16. The van der Waals surface area contributed by atoms with Crippen LogP contribution in [-0.2, 0) is 12.5 Å². The third-order valence-corrected chi connectivity index (χ3v) is 3.19. The van der Waals surface area contributed by atoms with Crippen molar-refractivity contribution in [1.82, 2.24) is 15.1 Å². The molecule has 0 amide bonds. The highest BCUT2D eigenvalue weighted by Crippen LogP contribution is 2.30. The first kappa shape index (κ1) is 12.6. The molecule has 1 aromatic rings. The first-order valence-corrected chi connectivity index (χ1v) is 6.42. The van der Waals surface area contributed by atoms with Gasteiger partial charge in [-0.15, -0.1) is 0 Å². The van der Waals surface area contributed by atoms with Crippen LogP contribution in [0.25, 0.3) is 0 Å². The predicted octanol–water partition coefficient (Wildman–Crippen LogP) is 1.47. The van der Waals surface area contributed by atoms with Gasteiger partial charge in [0.25, 0.3) is 0 Å². The lowest BCUT2D eigenvalue weighted by molar-refractivity contribution is 0.504. The van der Waals surface area contributed by atoms with Crippen molar-refractivity contribution in [3.8, 4) is 0 Å². The van der Waals surface area contributed by atoms with Crippen LogP contribution in [0.1, 0.15) is 50.9 Å². The van der Waals surface area contributed by atoms with E-state index in [1.54, 1.807) is 0 Å². The van der Waals surface area contributed by atoms with E-state index in [1.165, 1.54) is 18.4 Å². The number of hydrogen-bond donors (Lipinski definition) is 2. The summed E-state index contributed by atoms with van der Waals surface area (Å²) in [5, 5.41) is 8.20. The standard InChI is InChI=1S/C13H24N4/c1-13(2,3)12-10(8-17(4)16-12)11(7-14)15-9-5-6-9/h8-9,11,15H,5-7,14H2,1-4H3. The first-order valence-electron chi connectivity index (χ1n) is 6.42. The van der Waals surface area contributed by atoms with E-state index < -0.39 is 0 Å². The second-order valence-electron chi connectivity index (χ2n) is 6.09. The van der Waals surface area contributed by atoms with Gasteiger partial charge in [-0.05, 0) is 12.8 Å². The number of nitrogens with two attached hydrogens (primary N) is 1. The molecule has 96 valence electrons. The molecule has 1 heterocycles. The smallest absolute Gasteiger partial charge is 0.0726 e. The zero-order valence-electron chi connectivity index (χ0n) is 11.3. The molecule has 3 N–H and O–H groups in total. The van der Waals surface area contributed by atoms with Crippen molar-refractivity contribution in [3.05, 3.63) is 17.5 Å². The summed E-state index contributed by atoms with van der Waals surface area (Å²) in [5.41, 5.74) is 8.38. The first-order chi connectivity index (χ1) is 7.91. The number of hydrogen-bond acceptors (Lipinski definition) is 3. The summed E-state index contributed by atoms with van der Waals surface area (Å²) < 4.78 is 1.90. The van der Waals surface area contributed by atoms with Gasteiger partial charge in [-0.3, -0.25) is 4.68 Å². The van der Waals surface area contributed by atoms with Gasteiger partial charge in [0.05, 0.1) is 5.69 Å². The molecule has 4 heteroatoms. The van der Waals surface area contributed by atoms with E-state index in [2.05, 4.69) is 37.4 Å². The van der Waals surface area contributed by atoms with Gasteiger partial charge in [-0.2, -0.15) is 5.10 Å². The summed E-state index contributed by atoms with van der Waals surface area (Å²) in [4.78, 5) is 0. The number of nitrogens with zero attached hydrogens (tertiary/aromatic N) is 2. The van der Waals surface area contributed by atoms with Gasteiger partial charge in [0.15, 0.2) is 0 Å². The van der Waals surface area contributed by atoms with E-state index in [4.69, 9.17) is 5.73 Å². The summed E-state index contributed by atoms with van der Waals surface area (Å²) in [7, 11) is 1.98. The minimum absolute atomic E-state index is 0.0647. The Kier molecular flexibility index (Phi) is 3.27. The quantitative estimate of drug-likeness (QED) is 0.832. The van der Waals surface area contributed by atoms with Crippen LogP contribution in [0.4, 0.5) is 0 Å². The maximum absolute atomic E-state index is 5.90. The van der Waals surface area contributed by atoms with Crippen LogP contribution in [0.15, 0.2) is 6.20 Å². The third kappa shape index (κ3) is 2.87. The minimum Gasteiger partial charge on any atom is -0.329 e. The molecule has 1 aliphatic carbocycles. The Bertz CT molecular complexity index is 385. The summed E-state index contributed by atoms with van der Waals surface area (Å²) in [5.74, 6) is 0. The van der Waals surface area contributed by atoms with Crippen LogP contribution in [0.3, 0.4) is 0 Å². The molecule has 0 aliphatic heterocycles. The average Bonchev–Trinajstić information content (AvgIpc) is 2.95. The lowest BCUT2D eigenvalue weighted by Crippen LogP contribution is -2.31. The topological polar surface area (TPSA) is 55.9 Å². The van der Waals surface area contributed by atoms with Crippen LogP contribution in [-0.4, -0.2) is 22.4 Å². The van der Waals surface area contributed by atoms with Crippen LogP contribution in [0.5, 0.6) is 0 Å². The second-order valence-corrected chi connectivity index (χ2v) is 6.09. The normalized spacial score (nSPS) is 18.4. The highest BCUT2D eigenvalue weighted by Gasteiger charge is 2.30. The van der Waals surface area contributed by atoms with Gasteiger partial charge in [0, 0.05) is 42.9 Å². The van der Waals surface area contributed by atoms with Crippen molar-refractivity contribution in [2.75, 3.05) is 6.54 Å². The molecule has 1 fully saturated rings. The zero-order valence-corrected chi connectivity index (χ0v) is 11.3. The number of aryl methyl sites for hydroxylation is 1. The Hall–Kier alpha value is -0.870. The zero-order chi connectivity index (χ0) is 12.6. The molecule has 1 aromatic heterocycles. The van der Waals surface area contributed by atoms with E-state index in [9.17, 15) is 0 Å². The van der Waals surface area contributed by atoms with Crippen LogP contribution in [0, 0.1) is 0 Å². The summed E-state index contributed by atoms with van der Waals surface area (Å²) >= 11 is 0. The summed E-state index contributed by atoms with van der Waals surface area (Å²) in [6.45, 7) is 7.22. The van der Waals surface area contributed by atoms with Gasteiger partial charge in [0.1, 0.15) is 0 Å².